The Morgan fingerprint density at radius 2 is 2.05 bits per heavy atom. The zero-order valence-corrected chi connectivity index (χ0v) is 13.3. The fourth-order valence-electron chi connectivity index (χ4n) is 1.48. The summed E-state index contributed by atoms with van der Waals surface area (Å²) < 4.78 is 6.24. The molecule has 4 nitrogen and oxygen atoms in total. The highest BCUT2D eigenvalue weighted by atomic mass is 79.9. The summed E-state index contributed by atoms with van der Waals surface area (Å²) in [6.45, 7) is -0.114. The molecule has 21 heavy (non-hydrogen) atoms. The van der Waals surface area contributed by atoms with Crippen LogP contribution in [0.3, 0.4) is 0 Å². The molecule has 2 aromatic rings. The molecule has 0 atom stereocenters. The Bertz CT molecular complexity index is 644. The molecule has 0 aliphatic heterocycles. The molecular formula is C15H12BrClN2O2. The number of hydrogen-bond acceptors (Lipinski definition) is 3. The average Bonchev–Trinajstić information content (AvgIpc) is 2.47. The highest BCUT2D eigenvalue weighted by molar-refractivity contribution is 9.10. The quantitative estimate of drug-likeness (QED) is 0.648. The van der Waals surface area contributed by atoms with Crippen LogP contribution in [0.4, 0.5) is 0 Å². The predicted octanol–water partition coefficient (Wildman–Crippen LogP) is 3.63. The van der Waals surface area contributed by atoms with Crippen molar-refractivity contribution in [3.05, 3.63) is 63.6 Å². The van der Waals surface area contributed by atoms with Gasteiger partial charge in [-0.25, -0.2) is 5.43 Å². The van der Waals surface area contributed by atoms with Crippen LogP contribution in [-0.4, -0.2) is 18.7 Å². The van der Waals surface area contributed by atoms with Crippen LogP contribution in [0.2, 0.25) is 5.02 Å². The standard InChI is InChI=1S/C15H12BrClN2O2/c16-12-3-1-2-11(8-12)9-18-19-15(20)10-21-14-6-4-13(17)5-7-14/h1-9H,10H2,(H,19,20). The van der Waals surface area contributed by atoms with Crippen molar-refractivity contribution in [2.24, 2.45) is 5.10 Å². The van der Waals surface area contributed by atoms with E-state index >= 15 is 0 Å². The zero-order valence-electron chi connectivity index (χ0n) is 10.9. The van der Waals surface area contributed by atoms with Crippen LogP contribution < -0.4 is 10.2 Å². The molecule has 0 unspecified atom stereocenters. The van der Waals surface area contributed by atoms with E-state index in [9.17, 15) is 4.79 Å². The number of amides is 1. The Hall–Kier alpha value is -1.85. The molecule has 0 heterocycles. The Morgan fingerprint density at radius 1 is 1.29 bits per heavy atom. The van der Waals surface area contributed by atoms with Gasteiger partial charge in [0.2, 0.25) is 0 Å². The van der Waals surface area contributed by atoms with Crippen molar-refractivity contribution < 1.29 is 9.53 Å². The fraction of sp³-hybridized carbons (Fsp3) is 0.0667. The van der Waals surface area contributed by atoms with Crippen molar-refractivity contribution in [1.29, 1.82) is 0 Å². The summed E-state index contributed by atoms with van der Waals surface area (Å²) in [6.07, 6.45) is 1.56. The maximum absolute atomic E-state index is 11.6. The maximum Gasteiger partial charge on any atom is 0.277 e. The number of carbonyl (C=O) groups is 1. The van der Waals surface area contributed by atoms with Gasteiger partial charge in [0, 0.05) is 9.50 Å². The summed E-state index contributed by atoms with van der Waals surface area (Å²) in [4.78, 5) is 11.6. The molecule has 0 fully saturated rings. The number of carbonyl (C=O) groups excluding carboxylic acids is 1. The Kier molecular flexibility index (Phi) is 5.78. The molecule has 1 amide bonds. The normalized spacial score (nSPS) is 10.6. The van der Waals surface area contributed by atoms with E-state index < -0.39 is 0 Å². The molecule has 0 saturated heterocycles. The number of rotatable bonds is 5. The Balaban J connectivity index is 1.78. The van der Waals surface area contributed by atoms with Crippen LogP contribution in [0.1, 0.15) is 5.56 Å². The van der Waals surface area contributed by atoms with E-state index in [0.717, 1.165) is 10.0 Å². The summed E-state index contributed by atoms with van der Waals surface area (Å²) >= 11 is 9.12. The zero-order chi connectivity index (χ0) is 15.1. The van der Waals surface area contributed by atoms with Gasteiger partial charge in [0.25, 0.3) is 5.91 Å². The second-order valence-electron chi connectivity index (χ2n) is 4.09. The Labute approximate surface area is 135 Å². The van der Waals surface area contributed by atoms with Gasteiger partial charge in [-0.05, 0) is 42.0 Å². The van der Waals surface area contributed by atoms with Crippen molar-refractivity contribution in [2.75, 3.05) is 6.61 Å². The minimum Gasteiger partial charge on any atom is -0.484 e. The molecule has 1 N–H and O–H groups in total. The molecule has 2 rings (SSSR count). The van der Waals surface area contributed by atoms with E-state index in [2.05, 4.69) is 26.5 Å². The van der Waals surface area contributed by atoms with Crippen LogP contribution in [0.25, 0.3) is 0 Å². The Morgan fingerprint density at radius 3 is 2.76 bits per heavy atom. The van der Waals surface area contributed by atoms with Gasteiger partial charge in [-0.1, -0.05) is 39.7 Å². The first-order valence-corrected chi connectivity index (χ1v) is 7.26. The molecule has 2 aromatic carbocycles. The highest BCUT2D eigenvalue weighted by Gasteiger charge is 2.01. The number of hydrogen-bond donors (Lipinski definition) is 1. The van der Waals surface area contributed by atoms with Gasteiger partial charge < -0.3 is 4.74 Å². The monoisotopic (exact) mass is 366 g/mol. The van der Waals surface area contributed by atoms with Crippen LogP contribution in [-0.2, 0) is 4.79 Å². The average molecular weight is 368 g/mol. The minimum absolute atomic E-state index is 0.114. The van der Waals surface area contributed by atoms with Crippen LogP contribution in [0.15, 0.2) is 58.1 Å². The second-order valence-corrected chi connectivity index (χ2v) is 5.44. The number of ether oxygens (including phenoxy) is 1. The number of hydrazone groups is 1. The molecular weight excluding hydrogens is 356 g/mol. The van der Waals surface area contributed by atoms with E-state index in [1.165, 1.54) is 0 Å². The van der Waals surface area contributed by atoms with Gasteiger partial charge >= 0.3 is 0 Å². The molecule has 6 heteroatoms. The molecule has 0 spiro atoms. The third-order valence-electron chi connectivity index (χ3n) is 2.44. The van der Waals surface area contributed by atoms with Crippen molar-refractivity contribution >= 4 is 39.7 Å². The van der Waals surface area contributed by atoms with Crippen LogP contribution in [0, 0.1) is 0 Å². The van der Waals surface area contributed by atoms with Gasteiger partial charge in [-0.2, -0.15) is 5.10 Å². The van der Waals surface area contributed by atoms with Crippen molar-refractivity contribution in [3.8, 4) is 5.75 Å². The van der Waals surface area contributed by atoms with Gasteiger partial charge in [-0.15, -0.1) is 0 Å². The molecule has 0 aliphatic rings. The summed E-state index contributed by atoms with van der Waals surface area (Å²) in [5.74, 6) is 0.238. The topological polar surface area (TPSA) is 50.7 Å². The first-order valence-electron chi connectivity index (χ1n) is 6.09. The van der Waals surface area contributed by atoms with Crippen molar-refractivity contribution in [2.45, 2.75) is 0 Å². The SMILES string of the molecule is O=C(COc1ccc(Cl)cc1)NN=Cc1cccc(Br)c1. The number of halogens is 2. The van der Waals surface area contributed by atoms with E-state index in [0.29, 0.717) is 10.8 Å². The van der Waals surface area contributed by atoms with Crippen LogP contribution >= 0.6 is 27.5 Å². The van der Waals surface area contributed by atoms with E-state index in [1.807, 2.05) is 24.3 Å². The van der Waals surface area contributed by atoms with E-state index in [-0.39, 0.29) is 12.5 Å². The first kappa shape index (κ1) is 15.5. The lowest BCUT2D eigenvalue weighted by Gasteiger charge is -2.04. The van der Waals surface area contributed by atoms with Crippen molar-refractivity contribution in [3.63, 3.8) is 0 Å². The lowest BCUT2D eigenvalue weighted by Crippen LogP contribution is -2.24. The van der Waals surface area contributed by atoms with Gasteiger partial charge in [0.05, 0.1) is 6.21 Å². The maximum atomic E-state index is 11.6. The lowest BCUT2D eigenvalue weighted by atomic mass is 10.2. The first-order chi connectivity index (χ1) is 10.1. The molecule has 0 radical (unpaired) electrons. The smallest absolute Gasteiger partial charge is 0.277 e. The van der Waals surface area contributed by atoms with E-state index in [1.54, 1.807) is 30.5 Å². The molecule has 0 saturated carbocycles. The van der Waals surface area contributed by atoms with Gasteiger partial charge in [-0.3, -0.25) is 4.79 Å². The number of benzene rings is 2. The summed E-state index contributed by atoms with van der Waals surface area (Å²) in [5, 5.41) is 4.48. The van der Waals surface area contributed by atoms with Crippen molar-refractivity contribution in [1.82, 2.24) is 5.43 Å². The van der Waals surface area contributed by atoms with Crippen LogP contribution in [0.5, 0.6) is 5.75 Å². The third kappa shape index (κ3) is 5.57. The summed E-state index contributed by atoms with van der Waals surface area (Å²) in [6, 6.07) is 14.3. The molecule has 108 valence electrons. The number of nitrogens with zero attached hydrogens (tertiary/aromatic N) is 1. The minimum atomic E-state index is -0.337. The third-order valence-corrected chi connectivity index (χ3v) is 3.18. The molecule has 0 aromatic heterocycles. The number of nitrogens with one attached hydrogen (secondary N) is 1. The summed E-state index contributed by atoms with van der Waals surface area (Å²) in [5.41, 5.74) is 3.27. The van der Waals surface area contributed by atoms with E-state index in [4.69, 9.17) is 16.3 Å². The lowest BCUT2D eigenvalue weighted by molar-refractivity contribution is -0.123. The van der Waals surface area contributed by atoms with Gasteiger partial charge in [0.15, 0.2) is 6.61 Å². The summed E-state index contributed by atoms with van der Waals surface area (Å²) in [7, 11) is 0. The van der Waals surface area contributed by atoms with Gasteiger partial charge in [0.1, 0.15) is 5.75 Å². The fourth-order valence-corrected chi connectivity index (χ4v) is 2.02. The predicted molar refractivity (Wildman–Crippen MR) is 86.8 cm³/mol. The largest absolute Gasteiger partial charge is 0.484 e. The molecule has 0 bridgehead atoms. The molecule has 0 aliphatic carbocycles. The second kappa shape index (κ2) is 7.81. The highest BCUT2D eigenvalue weighted by Crippen LogP contribution is 2.15.